The zero-order valence-corrected chi connectivity index (χ0v) is 17.4. The Hall–Kier alpha value is -2.88. The van der Waals surface area contributed by atoms with Crippen LogP contribution in [0.25, 0.3) is 11.0 Å². The Kier molecular flexibility index (Phi) is 5.40. The van der Waals surface area contributed by atoms with Gasteiger partial charge in [0.05, 0.1) is 21.5 Å². The number of carbonyl (C=O) groups is 1. The van der Waals surface area contributed by atoms with Crippen molar-refractivity contribution in [1.29, 1.82) is 0 Å². The summed E-state index contributed by atoms with van der Waals surface area (Å²) in [6.45, 7) is 4.56. The van der Waals surface area contributed by atoms with Crippen LogP contribution in [-0.4, -0.2) is 42.7 Å². The van der Waals surface area contributed by atoms with E-state index in [-0.39, 0.29) is 22.0 Å². The Balaban J connectivity index is 2.12. The van der Waals surface area contributed by atoms with Gasteiger partial charge in [-0.05, 0) is 62.2 Å². The Morgan fingerprint density at radius 3 is 2.37 bits per heavy atom. The van der Waals surface area contributed by atoms with E-state index in [1.54, 1.807) is 12.1 Å². The van der Waals surface area contributed by atoms with Crippen LogP contribution in [-0.2, 0) is 9.84 Å². The molecular weight excluding hydrogens is 421 g/mol. The summed E-state index contributed by atoms with van der Waals surface area (Å²) in [6.07, 6.45) is -5.93. The van der Waals surface area contributed by atoms with Gasteiger partial charge in [0, 0.05) is 6.26 Å². The number of imidazole rings is 1. The standard InChI is InChI=1S/C20H19F3N2O4S/c1-10-7-15-16(8-11(10)2)25-19(24-15)18(26)14-9-13(30(4,27)28)5-6-17(14)29-12(3)20(21,22)23/h5-9,12H,1-4H3,(H,24,25)/t12-/m0/s1. The average Bonchev–Trinajstić information content (AvgIpc) is 3.02. The molecule has 1 heterocycles. The number of alkyl halides is 3. The SMILES string of the molecule is Cc1cc2nc(C(=O)c3cc(S(C)(=O)=O)ccc3O[C@@H](C)C(F)(F)F)[nH]c2cc1C. The first-order chi connectivity index (χ1) is 13.8. The molecule has 0 saturated heterocycles. The molecule has 160 valence electrons. The van der Waals surface area contributed by atoms with Crippen molar-refractivity contribution in [1.82, 2.24) is 9.97 Å². The summed E-state index contributed by atoms with van der Waals surface area (Å²) in [5.74, 6) is -1.30. The minimum absolute atomic E-state index is 0.134. The second-order valence-corrected chi connectivity index (χ2v) is 9.12. The number of aromatic amines is 1. The molecule has 0 bridgehead atoms. The summed E-state index contributed by atoms with van der Waals surface area (Å²) >= 11 is 0. The van der Waals surface area contributed by atoms with E-state index in [9.17, 15) is 26.4 Å². The van der Waals surface area contributed by atoms with Crippen LogP contribution >= 0.6 is 0 Å². The number of rotatable bonds is 5. The second-order valence-electron chi connectivity index (χ2n) is 7.10. The third kappa shape index (κ3) is 4.33. The molecule has 0 spiro atoms. The number of ketones is 1. The first-order valence-corrected chi connectivity index (χ1v) is 10.8. The number of nitrogens with zero attached hydrogens (tertiary/aromatic N) is 1. The molecule has 6 nitrogen and oxygen atoms in total. The smallest absolute Gasteiger partial charge is 0.425 e. The van der Waals surface area contributed by atoms with Gasteiger partial charge in [0.25, 0.3) is 0 Å². The molecule has 1 N–H and O–H groups in total. The molecule has 0 amide bonds. The summed E-state index contributed by atoms with van der Waals surface area (Å²) in [4.78, 5) is 19.9. The van der Waals surface area contributed by atoms with Crippen molar-refractivity contribution in [2.24, 2.45) is 0 Å². The predicted octanol–water partition coefficient (Wildman–Crippen LogP) is 4.14. The van der Waals surface area contributed by atoms with E-state index in [2.05, 4.69) is 9.97 Å². The van der Waals surface area contributed by atoms with Gasteiger partial charge in [-0.1, -0.05) is 0 Å². The summed E-state index contributed by atoms with van der Waals surface area (Å²) in [7, 11) is -3.71. The molecule has 10 heteroatoms. The van der Waals surface area contributed by atoms with E-state index in [0.29, 0.717) is 11.0 Å². The third-order valence-corrected chi connectivity index (χ3v) is 5.81. The topological polar surface area (TPSA) is 89.1 Å². The van der Waals surface area contributed by atoms with Crippen molar-refractivity contribution in [2.45, 2.75) is 37.9 Å². The van der Waals surface area contributed by atoms with Gasteiger partial charge >= 0.3 is 6.18 Å². The van der Waals surface area contributed by atoms with E-state index in [1.807, 2.05) is 13.8 Å². The van der Waals surface area contributed by atoms with Gasteiger partial charge in [0.2, 0.25) is 5.78 Å². The first kappa shape index (κ1) is 21.8. The van der Waals surface area contributed by atoms with Crippen LogP contribution in [0.15, 0.2) is 35.2 Å². The highest BCUT2D eigenvalue weighted by molar-refractivity contribution is 7.90. The molecule has 0 saturated carbocycles. The lowest BCUT2D eigenvalue weighted by molar-refractivity contribution is -0.189. The molecule has 1 atom stereocenters. The van der Waals surface area contributed by atoms with E-state index in [4.69, 9.17) is 4.74 Å². The van der Waals surface area contributed by atoms with Gasteiger partial charge in [-0.25, -0.2) is 13.4 Å². The van der Waals surface area contributed by atoms with Crippen molar-refractivity contribution in [3.05, 3.63) is 52.8 Å². The number of aryl methyl sites for hydroxylation is 2. The van der Waals surface area contributed by atoms with Crippen LogP contribution in [0.4, 0.5) is 13.2 Å². The fraction of sp³-hybridized carbons (Fsp3) is 0.300. The van der Waals surface area contributed by atoms with E-state index >= 15 is 0 Å². The quantitative estimate of drug-likeness (QED) is 0.603. The lowest BCUT2D eigenvalue weighted by Gasteiger charge is -2.19. The number of halogens is 3. The van der Waals surface area contributed by atoms with Gasteiger partial charge < -0.3 is 9.72 Å². The molecule has 1 aromatic heterocycles. The largest absolute Gasteiger partial charge is 0.480 e. The van der Waals surface area contributed by atoms with Gasteiger partial charge in [0.15, 0.2) is 21.8 Å². The van der Waals surface area contributed by atoms with Crippen molar-refractivity contribution in [3.63, 3.8) is 0 Å². The van der Waals surface area contributed by atoms with Crippen LogP contribution in [0.1, 0.15) is 34.2 Å². The Labute approximate surface area is 171 Å². The van der Waals surface area contributed by atoms with Crippen LogP contribution in [0.5, 0.6) is 5.75 Å². The monoisotopic (exact) mass is 440 g/mol. The molecule has 2 aromatic carbocycles. The number of H-pyrrole nitrogens is 1. The zero-order chi connectivity index (χ0) is 22.4. The molecule has 0 aliphatic carbocycles. The Bertz CT molecular complexity index is 1210. The molecule has 0 aliphatic rings. The second kappa shape index (κ2) is 7.42. The zero-order valence-electron chi connectivity index (χ0n) is 16.6. The number of hydrogen-bond acceptors (Lipinski definition) is 5. The maximum absolute atomic E-state index is 13.1. The van der Waals surface area contributed by atoms with Crippen LogP contribution < -0.4 is 4.74 Å². The van der Waals surface area contributed by atoms with E-state index < -0.39 is 27.9 Å². The molecule has 0 fully saturated rings. The molecule has 0 unspecified atom stereocenters. The number of fused-ring (bicyclic) bond motifs is 1. The third-order valence-electron chi connectivity index (χ3n) is 4.70. The average molecular weight is 440 g/mol. The van der Waals surface area contributed by atoms with Crippen molar-refractivity contribution >= 4 is 26.7 Å². The lowest BCUT2D eigenvalue weighted by Crippen LogP contribution is -2.31. The van der Waals surface area contributed by atoms with Gasteiger partial charge in [0.1, 0.15) is 5.75 Å². The van der Waals surface area contributed by atoms with Crippen LogP contribution in [0.2, 0.25) is 0 Å². The maximum atomic E-state index is 13.1. The number of ether oxygens (including phenoxy) is 1. The van der Waals surface area contributed by atoms with Gasteiger partial charge in [-0.2, -0.15) is 13.2 Å². The van der Waals surface area contributed by atoms with Gasteiger partial charge in [-0.3, -0.25) is 4.79 Å². The molecule has 0 aliphatic heterocycles. The molecule has 0 radical (unpaired) electrons. The number of carbonyl (C=O) groups excluding carboxylic acids is 1. The molecule has 3 rings (SSSR count). The Morgan fingerprint density at radius 2 is 1.77 bits per heavy atom. The summed E-state index contributed by atoms with van der Waals surface area (Å²) in [5.41, 5.74) is 2.67. The van der Waals surface area contributed by atoms with E-state index in [0.717, 1.165) is 42.5 Å². The minimum Gasteiger partial charge on any atom is -0.480 e. The highest BCUT2D eigenvalue weighted by Crippen LogP contribution is 2.30. The van der Waals surface area contributed by atoms with Crippen LogP contribution in [0.3, 0.4) is 0 Å². The van der Waals surface area contributed by atoms with Crippen LogP contribution in [0, 0.1) is 13.8 Å². The highest BCUT2D eigenvalue weighted by Gasteiger charge is 2.39. The predicted molar refractivity (Wildman–Crippen MR) is 105 cm³/mol. The molecule has 3 aromatic rings. The number of nitrogens with one attached hydrogen (secondary N) is 1. The first-order valence-electron chi connectivity index (χ1n) is 8.86. The Morgan fingerprint density at radius 1 is 1.13 bits per heavy atom. The normalized spacial score (nSPS) is 13.4. The molecular formula is C20H19F3N2O4S. The summed E-state index contributed by atoms with van der Waals surface area (Å²) in [6, 6.07) is 6.71. The highest BCUT2D eigenvalue weighted by atomic mass is 32.2. The minimum atomic E-state index is -4.66. The number of aromatic nitrogens is 2. The fourth-order valence-corrected chi connectivity index (χ4v) is 3.43. The molecule has 30 heavy (non-hydrogen) atoms. The number of hydrogen-bond donors (Lipinski definition) is 1. The van der Waals surface area contributed by atoms with Crippen molar-refractivity contribution in [2.75, 3.05) is 6.26 Å². The summed E-state index contributed by atoms with van der Waals surface area (Å²) < 4.78 is 67.6. The fourth-order valence-electron chi connectivity index (χ4n) is 2.78. The maximum Gasteiger partial charge on any atom is 0.425 e. The number of sulfone groups is 1. The summed E-state index contributed by atoms with van der Waals surface area (Å²) in [5, 5.41) is 0. The van der Waals surface area contributed by atoms with Crippen molar-refractivity contribution < 1.29 is 31.1 Å². The van der Waals surface area contributed by atoms with Crippen molar-refractivity contribution in [3.8, 4) is 5.75 Å². The lowest BCUT2D eigenvalue weighted by atomic mass is 10.1. The number of benzene rings is 2. The van der Waals surface area contributed by atoms with E-state index in [1.165, 1.54) is 0 Å². The van der Waals surface area contributed by atoms with Gasteiger partial charge in [-0.15, -0.1) is 0 Å².